The molecule has 1 atom stereocenters. The number of nitrogens with one attached hydrogen (secondary N) is 2. The van der Waals surface area contributed by atoms with E-state index in [9.17, 15) is 5.11 Å². The molecule has 2 aromatic carbocycles. The average molecular weight is 427 g/mol. The standard InChI is InChI=1S/C24H28N2OS2/c27-22(19-29-23-12-7-17-28-23)18-25-13-15-26(16-14-25)24(20-8-3-1-4-9-20)21-10-5-2-6-11-21/h1-12,17,22,24,27H,13-16,18-19H2/p+2/t22-/m0/s1. The largest absolute Gasteiger partial charge is 0.386 e. The quantitative estimate of drug-likeness (QED) is 0.479. The van der Waals surface area contributed by atoms with Crippen molar-refractivity contribution in [3.05, 3.63) is 89.3 Å². The number of benzene rings is 2. The van der Waals surface area contributed by atoms with Gasteiger partial charge in [0.2, 0.25) is 0 Å². The summed E-state index contributed by atoms with van der Waals surface area (Å²) in [6, 6.07) is 26.4. The lowest BCUT2D eigenvalue weighted by molar-refractivity contribution is -1.02. The number of thioether (sulfide) groups is 1. The molecule has 1 aliphatic rings. The molecule has 1 fully saturated rings. The Balaban J connectivity index is 1.34. The zero-order valence-corrected chi connectivity index (χ0v) is 18.3. The Kier molecular flexibility index (Phi) is 7.41. The Bertz CT molecular complexity index is 794. The fourth-order valence-electron chi connectivity index (χ4n) is 4.29. The molecule has 0 spiro atoms. The SMILES string of the molecule is O[C@H](CSc1cccs1)C[NH+]1CC[NH+](C(c2ccccc2)c2ccccc2)CC1. The zero-order valence-electron chi connectivity index (χ0n) is 16.7. The van der Waals surface area contributed by atoms with Crippen molar-refractivity contribution in [3.63, 3.8) is 0 Å². The van der Waals surface area contributed by atoms with E-state index in [1.54, 1.807) is 28.0 Å². The number of aliphatic hydroxyl groups is 1. The highest BCUT2D eigenvalue weighted by molar-refractivity contribution is 8.01. The number of rotatable bonds is 8. The predicted molar refractivity (Wildman–Crippen MR) is 122 cm³/mol. The third-order valence-electron chi connectivity index (χ3n) is 5.71. The molecule has 1 aliphatic heterocycles. The fraction of sp³-hybridized carbons (Fsp3) is 0.333. The Hall–Kier alpha value is -1.63. The van der Waals surface area contributed by atoms with Crippen LogP contribution in [0.25, 0.3) is 0 Å². The summed E-state index contributed by atoms with van der Waals surface area (Å²) in [7, 11) is 0. The van der Waals surface area contributed by atoms with Crippen molar-refractivity contribution in [2.45, 2.75) is 16.4 Å². The van der Waals surface area contributed by atoms with E-state index >= 15 is 0 Å². The van der Waals surface area contributed by atoms with Gasteiger partial charge in [-0.2, -0.15) is 0 Å². The lowest BCUT2D eigenvalue weighted by Gasteiger charge is -2.35. The van der Waals surface area contributed by atoms with Crippen molar-refractivity contribution < 1.29 is 14.9 Å². The van der Waals surface area contributed by atoms with E-state index in [1.165, 1.54) is 20.2 Å². The monoisotopic (exact) mass is 426 g/mol. The van der Waals surface area contributed by atoms with Crippen LogP contribution in [0.2, 0.25) is 0 Å². The smallest absolute Gasteiger partial charge is 0.139 e. The second kappa shape index (κ2) is 10.4. The van der Waals surface area contributed by atoms with Gasteiger partial charge in [0.05, 0.1) is 4.21 Å². The molecule has 3 nitrogen and oxygen atoms in total. The van der Waals surface area contributed by atoms with E-state index in [0.29, 0.717) is 6.04 Å². The first-order valence-corrected chi connectivity index (χ1v) is 12.3. The zero-order chi connectivity index (χ0) is 19.9. The highest BCUT2D eigenvalue weighted by Gasteiger charge is 2.32. The Morgan fingerprint density at radius 3 is 2.00 bits per heavy atom. The number of hydrogen-bond donors (Lipinski definition) is 3. The molecule has 3 N–H and O–H groups in total. The second-order valence-electron chi connectivity index (χ2n) is 7.76. The third kappa shape index (κ3) is 5.71. The number of hydrogen-bond acceptors (Lipinski definition) is 3. The molecule has 0 unspecified atom stereocenters. The van der Waals surface area contributed by atoms with Crippen LogP contribution in [-0.4, -0.2) is 49.7 Å². The number of thiophene rings is 1. The van der Waals surface area contributed by atoms with Gasteiger partial charge in [-0.1, -0.05) is 66.7 Å². The average Bonchev–Trinajstić information content (AvgIpc) is 3.29. The molecular weight excluding hydrogens is 396 g/mol. The summed E-state index contributed by atoms with van der Waals surface area (Å²) in [6.45, 7) is 5.36. The first kappa shape index (κ1) is 20.6. The van der Waals surface area contributed by atoms with Gasteiger partial charge >= 0.3 is 0 Å². The Morgan fingerprint density at radius 1 is 0.828 bits per heavy atom. The summed E-state index contributed by atoms with van der Waals surface area (Å²) in [5, 5.41) is 12.6. The maximum absolute atomic E-state index is 10.5. The number of aliphatic hydroxyl groups excluding tert-OH is 1. The van der Waals surface area contributed by atoms with Crippen LogP contribution in [0.5, 0.6) is 0 Å². The van der Waals surface area contributed by atoms with Crippen LogP contribution in [0.15, 0.2) is 82.4 Å². The van der Waals surface area contributed by atoms with E-state index in [4.69, 9.17) is 0 Å². The van der Waals surface area contributed by atoms with Crippen LogP contribution in [0, 0.1) is 0 Å². The maximum Gasteiger partial charge on any atom is 0.139 e. The van der Waals surface area contributed by atoms with Gasteiger partial charge < -0.3 is 14.9 Å². The minimum atomic E-state index is -0.238. The molecule has 0 amide bonds. The Labute approximate surface area is 182 Å². The molecule has 0 aliphatic carbocycles. The molecule has 0 radical (unpaired) electrons. The third-order valence-corrected chi connectivity index (χ3v) is 7.99. The van der Waals surface area contributed by atoms with Crippen LogP contribution >= 0.6 is 23.1 Å². The lowest BCUT2D eigenvalue weighted by atomic mass is 9.96. The van der Waals surface area contributed by atoms with Crippen LogP contribution in [0.4, 0.5) is 0 Å². The molecular formula is C24H30N2OS2+2. The topological polar surface area (TPSA) is 29.1 Å². The summed E-state index contributed by atoms with van der Waals surface area (Å²) >= 11 is 3.53. The summed E-state index contributed by atoms with van der Waals surface area (Å²) < 4.78 is 1.29. The van der Waals surface area contributed by atoms with Crippen LogP contribution in [-0.2, 0) is 0 Å². The van der Waals surface area contributed by atoms with E-state index < -0.39 is 0 Å². The number of piperazine rings is 1. The molecule has 1 saturated heterocycles. The minimum Gasteiger partial charge on any atom is -0.386 e. The summed E-state index contributed by atoms with van der Waals surface area (Å²) in [4.78, 5) is 3.17. The van der Waals surface area contributed by atoms with Gasteiger partial charge in [0.1, 0.15) is 44.9 Å². The molecule has 4 rings (SSSR count). The van der Waals surface area contributed by atoms with E-state index in [0.717, 1.165) is 38.5 Å². The lowest BCUT2D eigenvalue weighted by Crippen LogP contribution is -3.28. The minimum absolute atomic E-state index is 0.238. The van der Waals surface area contributed by atoms with Gasteiger partial charge in [-0.3, -0.25) is 0 Å². The normalized spacial score (nSPS) is 20.6. The van der Waals surface area contributed by atoms with Crippen LogP contribution in [0.3, 0.4) is 0 Å². The molecule has 0 saturated carbocycles. The van der Waals surface area contributed by atoms with Crippen molar-refractivity contribution in [2.24, 2.45) is 0 Å². The summed E-state index contributed by atoms with van der Waals surface area (Å²) in [5.41, 5.74) is 2.79. The van der Waals surface area contributed by atoms with Gasteiger partial charge in [-0.15, -0.1) is 23.1 Å². The fourth-order valence-corrected chi connectivity index (χ4v) is 6.03. The second-order valence-corrected chi connectivity index (χ2v) is 10.0. The van der Waals surface area contributed by atoms with Gasteiger partial charge in [0, 0.05) is 16.9 Å². The van der Waals surface area contributed by atoms with Crippen molar-refractivity contribution in [1.82, 2.24) is 0 Å². The van der Waals surface area contributed by atoms with Gasteiger partial charge in [0.25, 0.3) is 0 Å². The predicted octanol–water partition coefficient (Wildman–Crippen LogP) is 1.77. The highest BCUT2D eigenvalue weighted by atomic mass is 32.2. The maximum atomic E-state index is 10.5. The molecule has 29 heavy (non-hydrogen) atoms. The number of quaternary nitrogens is 2. The Morgan fingerprint density at radius 2 is 1.45 bits per heavy atom. The van der Waals surface area contributed by atoms with Crippen LogP contribution in [0.1, 0.15) is 17.2 Å². The molecule has 3 aromatic rings. The summed E-state index contributed by atoms with van der Waals surface area (Å²) in [5.74, 6) is 0.789. The van der Waals surface area contributed by atoms with Crippen molar-refractivity contribution in [3.8, 4) is 0 Å². The molecule has 2 heterocycles. The highest BCUT2D eigenvalue weighted by Crippen LogP contribution is 2.23. The van der Waals surface area contributed by atoms with Crippen molar-refractivity contribution >= 4 is 23.1 Å². The van der Waals surface area contributed by atoms with Gasteiger partial charge in [-0.25, -0.2) is 0 Å². The molecule has 0 bridgehead atoms. The summed E-state index contributed by atoms with van der Waals surface area (Å²) in [6.07, 6.45) is -0.238. The first-order valence-electron chi connectivity index (χ1n) is 10.4. The molecule has 152 valence electrons. The molecule has 5 heteroatoms. The van der Waals surface area contributed by atoms with Crippen molar-refractivity contribution in [2.75, 3.05) is 38.5 Å². The van der Waals surface area contributed by atoms with Gasteiger partial charge in [-0.05, 0) is 11.4 Å². The van der Waals surface area contributed by atoms with Gasteiger partial charge in [0.15, 0.2) is 0 Å². The first-order chi connectivity index (χ1) is 14.3. The molecule has 1 aromatic heterocycles. The van der Waals surface area contributed by atoms with Crippen LogP contribution < -0.4 is 9.80 Å². The van der Waals surface area contributed by atoms with E-state index in [2.05, 4.69) is 78.2 Å². The van der Waals surface area contributed by atoms with E-state index in [-0.39, 0.29) is 6.10 Å². The van der Waals surface area contributed by atoms with E-state index in [1.807, 2.05) is 0 Å². The van der Waals surface area contributed by atoms with Crippen molar-refractivity contribution in [1.29, 1.82) is 0 Å².